The number of ether oxygens (including phenoxy) is 1. The van der Waals surface area contributed by atoms with E-state index in [-0.39, 0.29) is 30.9 Å². The maximum absolute atomic E-state index is 14.1. The van der Waals surface area contributed by atoms with Crippen LogP contribution >= 0.6 is 0 Å². The third-order valence-electron chi connectivity index (χ3n) is 5.94. The van der Waals surface area contributed by atoms with Crippen LogP contribution < -0.4 is 9.64 Å². The molecule has 0 radical (unpaired) electrons. The number of carbonyl (C=O) groups excluding carboxylic acids is 1. The summed E-state index contributed by atoms with van der Waals surface area (Å²) in [6, 6.07) is 12.1. The molecule has 0 bridgehead atoms. The van der Waals surface area contributed by atoms with Gasteiger partial charge < -0.3 is 14.7 Å². The molecule has 0 aromatic heterocycles. The molecule has 1 saturated carbocycles. The lowest BCUT2D eigenvalue weighted by Gasteiger charge is -2.26. The molecule has 2 aromatic rings. The number of aliphatic hydroxyl groups is 1. The first-order valence-corrected chi connectivity index (χ1v) is 10.8. The molecule has 1 N–H and O–H groups in total. The molecule has 1 amide bonds. The van der Waals surface area contributed by atoms with Crippen LogP contribution in [0.15, 0.2) is 42.5 Å². The van der Waals surface area contributed by atoms with Crippen LogP contribution in [0.2, 0.25) is 0 Å². The highest BCUT2D eigenvalue weighted by molar-refractivity contribution is 5.94. The van der Waals surface area contributed by atoms with E-state index in [1.54, 1.807) is 18.2 Å². The van der Waals surface area contributed by atoms with E-state index in [9.17, 15) is 14.3 Å². The number of anilines is 1. The number of halogens is 1. The van der Waals surface area contributed by atoms with Gasteiger partial charge in [-0.1, -0.05) is 12.1 Å². The van der Waals surface area contributed by atoms with E-state index in [4.69, 9.17) is 9.57 Å². The Labute approximate surface area is 182 Å². The number of nitrogens with zero attached hydrogens (tertiary/aromatic N) is 2. The van der Waals surface area contributed by atoms with Crippen molar-refractivity contribution >= 4 is 11.6 Å². The molecule has 2 aliphatic rings. The van der Waals surface area contributed by atoms with Gasteiger partial charge in [-0.2, -0.15) is 0 Å². The van der Waals surface area contributed by atoms with Crippen LogP contribution in [-0.4, -0.2) is 49.0 Å². The first kappa shape index (κ1) is 21.6. The van der Waals surface area contributed by atoms with E-state index in [1.165, 1.54) is 18.2 Å². The quantitative estimate of drug-likeness (QED) is 0.616. The first-order chi connectivity index (χ1) is 15.1. The van der Waals surface area contributed by atoms with Gasteiger partial charge in [0.1, 0.15) is 0 Å². The minimum absolute atomic E-state index is 0.0786. The van der Waals surface area contributed by atoms with Crippen LogP contribution in [-0.2, 0) is 11.4 Å². The number of carbonyl (C=O) groups is 1. The monoisotopic (exact) mass is 428 g/mol. The number of methoxy groups -OCH3 is 1. The summed E-state index contributed by atoms with van der Waals surface area (Å²) in [6.07, 6.45) is 4.16. The molecule has 0 unspecified atom stereocenters. The van der Waals surface area contributed by atoms with Crippen molar-refractivity contribution in [2.24, 2.45) is 5.92 Å². The standard InChI is InChI=1S/C24H29FN2O4/c1-30-23-10-9-18(12-22(23)25)14-27(31-16-17-7-8-17)24(29)19-4-2-5-20(13-19)26-11-3-6-21(26)15-28/h2,4-5,9-10,12-13,17,21,28H,3,6-8,11,14-16H2,1H3/t21-/m0/s1. The van der Waals surface area contributed by atoms with Gasteiger partial charge >= 0.3 is 0 Å². The minimum Gasteiger partial charge on any atom is -0.494 e. The molecule has 4 rings (SSSR count). The summed E-state index contributed by atoms with van der Waals surface area (Å²) in [6.45, 7) is 1.57. The highest BCUT2D eigenvalue weighted by atomic mass is 19.1. The largest absolute Gasteiger partial charge is 0.494 e. The SMILES string of the molecule is COc1ccc(CN(OCC2CC2)C(=O)c2cccc(N3CCC[C@H]3CO)c2)cc1F. The zero-order valence-electron chi connectivity index (χ0n) is 17.8. The summed E-state index contributed by atoms with van der Waals surface area (Å²) >= 11 is 0. The molecule has 6 nitrogen and oxygen atoms in total. The van der Waals surface area contributed by atoms with Crippen LogP contribution in [0.4, 0.5) is 10.1 Å². The van der Waals surface area contributed by atoms with Crippen molar-refractivity contribution in [3.8, 4) is 5.75 Å². The zero-order valence-corrected chi connectivity index (χ0v) is 17.8. The number of hydroxylamine groups is 2. The molecule has 1 aliphatic carbocycles. The molecule has 1 aliphatic heterocycles. The van der Waals surface area contributed by atoms with E-state index < -0.39 is 5.82 Å². The van der Waals surface area contributed by atoms with Gasteiger partial charge in [0.15, 0.2) is 11.6 Å². The van der Waals surface area contributed by atoms with Crippen molar-refractivity contribution in [2.45, 2.75) is 38.3 Å². The van der Waals surface area contributed by atoms with E-state index in [0.29, 0.717) is 23.7 Å². The van der Waals surface area contributed by atoms with Crippen molar-refractivity contribution in [1.29, 1.82) is 0 Å². The van der Waals surface area contributed by atoms with Crippen LogP contribution in [0.5, 0.6) is 5.75 Å². The Balaban J connectivity index is 1.54. The van der Waals surface area contributed by atoms with Gasteiger partial charge in [0.25, 0.3) is 5.91 Å². The molecule has 2 aromatic carbocycles. The first-order valence-electron chi connectivity index (χ1n) is 10.8. The molecule has 31 heavy (non-hydrogen) atoms. The third kappa shape index (κ3) is 5.17. The molecule has 7 heteroatoms. The summed E-state index contributed by atoms with van der Waals surface area (Å²) in [5.74, 6) is -0.0967. The maximum atomic E-state index is 14.1. The van der Waals surface area contributed by atoms with Gasteiger partial charge in [-0.25, -0.2) is 9.45 Å². The number of benzene rings is 2. The van der Waals surface area contributed by atoms with Gasteiger partial charge in [0.2, 0.25) is 0 Å². The minimum atomic E-state index is -0.472. The Bertz CT molecular complexity index is 918. The van der Waals surface area contributed by atoms with Crippen molar-refractivity contribution in [3.05, 3.63) is 59.4 Å². The predicted octanol–water partition coefficient (Wildman–Crippen LogP) is 3.78. The lowest BCUT2D eigenvalue weighted by Crippen LogP contribution is -2.33. The second kappa shape index (κ2) is 9.66. The zero-order chi connectivity index (χ0) is 21.8. The summed E-state index contributed by atoms with van der Waals surface area (Å²) in [5, 5.41) is 11.0. The Kier molecular flexibility index (Phi) is 6.73. The Morgan fingerprint density at radius 2 is 2.06 bits per heavy atom. The van der Waals surface area contributed by atoms with E-state index in [2.05, 4.69) is 4.90 Å². The van der Waals surface area contributed by atoms with Crippen LogP contribution in [0.1, 0.15) is 41.6 Å². The topological polar surface area (TPSA) is 62.2 Å². The number of hydrogen-bond acceptors (Lipinski definition) is 5. The lowest BCUT2D eigenvalue weighted by molar-refractivity contribution is -0.133. The van der Waals surface area contributed by atoms with E-state index in [0.717, 1.165) is 37.9 Å². The summed E-state index contributed by atoms with van der Waals surface area (Å²) in [5.41, 5.74) is 2.05. The summed E-state index contributed by atoms with van der Waals surface area (Å²) in [4.78, 5) is 21.3. The third-order valence-corrected chi connectivity index (χ3v) is 5.94. The van der Waals surface area contributed by atoms with Gasteiger partial charge in [-0.15, -0.1) is 0 Å². The molecule has 1 atom stereocenters. The van der Waals surface area contributed by atoms with E-state index >= 15 is 0 Å². The smallest absolute Gasteiger partial charge is 0.277 e. The maximum Gasteiger partial charge on any atom is 0.277 e. The van der Waals surface area contributed by atoms with Gasteiger partial charge in [0.05, 0.1) is 32.9 Å². The Morgan fingerprint density at radius 3 is 2.77 bits per heavy atom. The molecule has 2 fully saturated rings. The fraction of sp³-hybridized carbons (Fsp3) is 0.458. The fourth-order valence-electron chi connectivity index (χ4n) is 3.96. The molecular formula is C24H29FN2O4. The number of hydrogen-bond donors (Lipinski definition) is 1. The average Bonchev–Trinajstić information content (AvgIpc) is 3.50. The fourth-order valence-corrected chi connectivity index (χ4v) is 3.96. The van der Waals surface area contributed by atoms with E-state index in [1.807, 2.05) is 18.2 Å². The average molecular weight is 429 g/mol. The van der Waals surface area contributed by atoms with Crippen molar-refractivity contribution in [2.75, 3.05) is 31.8 Å². The molecule has 166 valence electrons. The molecule has 0 spiro atoms. The molecule has 1 heterocycles. The Morgan fingerprint density at radius 1 is 1.23 bits per heavy atom. The Hall–Kier alpha value is -2.64. The van der Waals surface area contributed by atoms with Crippen molar-refractivity contribution in [1.82, 2.24) is 5.06 Å². The van der Waals surface area contributed by atoms with Gasteiger partial charge in [-0.3, -0.25) is 9.63 Å². The highest BCUT2D eigenvalue weighted by Crippen LogP contribution is 2.30. The highest BCUT2D eigenvalue weighted by Gasteiger charge is 2.27. The van der Waals surface area contributed by atoms with Crippen molar-refractivity contribution < 1.29 is 23.9 Å². The summed E-state index contributed by atoms with van der Waals surface area (Å²) < 4.78 is 19.1. The van der Waals surface area contributed by atoms with Crippen LogP contribution in [0.25, 0.3) is 0 Å². The summed E-state index contributed by atoms with van der Waals surface area (Å²) in [7, 11) is 1.42. The van der Waals surface area contributed by atoms with Crippen LogP contribution in [0.3, 0.4) is 0 Å². The van der Waals surface area contributed by atoms with Crippen LogP contribution in [0, 0.1) is 11.7 Å². The molecule has 1 saturated heterocycles. The number of rotatable bonds is 9. The second-order valence-electron chi connectivity index (χ2n) is 8.27. The molecular weight excluding hydrogens is 399 g/mol. The second-order valence-corrected chi connectivity index (χ2v) is 8.27. The van der Waals surface area contributed by atoms with Crippen molar-refractivity contribution in [3.63, 3.8) is 0 Å². The normalized spacial score (nSPS) is 18.3. The number of aliphatic hydroxyl groups excluding tert-OH is 1. The lowest BCUT2D eigenvalue weighted by atomic mass is 10.1. The van der Waals surface area contributed by atoms with Gasteiger partial charge in [0, 0.05) is 17.8 Å². The predicted molar refractivity (Wildman–Crippen MR) is 115 cm³/mol. The number of amides is 1. The van der Waals surface area contributed by atoms with Gasteiger partial charge in [-0.05, 0) is 67.5 Å².